The van der Waals surface area contributed by atoms with Crippen LogP contribution in [-0.2, 0) is 4.79 Å². The van der Waals surface area contributed by atoms with E-state index in [4.69, 9.17) is 5.73 Å². The van der Waals surface area contributed by atoms with Crippen LogP contribution in [0.5, 0.6) is 0 Å². The first-order valence-corrected chi connectivity index (χ1v) is 8.46. The van der Waals surface area contributed by atoms with E-state index in [1.165, 1.54) is 24.3 Å². The molecule has 26 heavy (non-hydrogen) atoms. The van der Waals surface area contributed by atoms with Crippen molar-refractivity contribution in [1.82, 2.24) is 10.2 Å². The molecule has 0 aromatic heterocycles. The quantitative estimate of drug-likeness (QED) is 0.601. The van der Waals surface area contributed by atoms with E-state index in [0.29, 0.717) is 24.9 Å². The number of rotatable bonds is 4. The molecule has 2 aliphatic rings. The van der Waals surface area contributed by atoms with E-state index < -0.39 is 16.9 Å². The lowest BCUT2D eigenvalue weighted by Crippen LogP contribution is -2.46. The van der Waals surface area contributed by atoms with Crippen LogP contribution < -0.4 is 11.1 Å². The summed E-state index contributed by atoms with van der Waals surface area (Å²) < 4.78 is 0. The van der Waals surface area contributed by atoms with Gasteiger partial charge in [-0.15, -0.1) is 12.4 Å². The number of nitrogens with two attached hydrogens (primary N) is 1. The molecule has 0 radical (unpaired) electrons. The maximum Gasteiger partial charge on any atom is 0.270 e. The number of non-ortho nitro benzene ring substituents is 1. The predicted octanol–water partition coefficient (Wildman–Crippen LogP) is 1.33. The average molecular weight is 383 g/mol. The summed E-state index contributed by atoms with van der Waals surface area (Å²) in [6, 6.07) is 4.91. The Hall–Kier alpha value is -2.19. The summed E-state index contributed by atoms with van der Waals surface area (Å²) >= 11 is 0. The number of carbonyl (C=O) groups excluding carboxylic acids is 2. The zero-order chi connectivity index (χ0) is 18.1. The fraction of sp³-hybridized carbons (Fsp3) is 0.529. The van der Waals surface area contributed by atoms with Crippen molar-refractivity contribution in [2.45, 2.75) is 31.8 Å². The number of nitrogens with zero attached hydrogens (tertiary/aromatic N) is 2. The van der Waals surface area contributed by atoms with Gasteiger partial charge in [-0.25, -0.2) is 0 Å². The van der Waals surface area contributed by atoms with Crippen molar-refractivity contribution >= 4 is 29.9 Å². The molecule has 3 N–H and O–H groups in total. The molecule has 1 aliphatic carbocycles. The van der Waals surface area contributed by atoms with E-state index in [1.807, 2.05) is 0 Å². The van der Waals surface area contributed by atoms with Gasteiger partial charge in [0, 0.05) is 36.8 Å². The van der Waals surface area contributed by atoms with Gasteiger partial charge in [-0.05, 0) is 37.7 Å². The number of hydrogen-bond donors (Lipinski definition) is 2. The summed E-state index contributed by atoms with van der Waals surface area (Å²) in [5.41, 5.74) is 6.09. The lowest BCUT2D eigenvalue weighted by Gasteiger charge is -2.23. The number of fused-ring (bicyclic) bond motifs is 1. The largest absolute Gasteiger partial charge is 0.341 e. The van der Waals surface area contributed by atoms with Crippen molar-refractivity contribution in [2.75, 3.05) is 13.1 Å². The van der Waals surface area contributed by atoms with Crippen LogP contribution in [0.4, 0.5) is 5.69 Å². The molecule has 8 nitrogen and oxygen atoms in total. The van der Waals surface area contributed by atoms with Gasteiger partial charge in [-0.1, -0.05) is 6.07 Å². The highest BCUT2D eigenvalue weighted by Gasteiger charge is 2.43. The van der Waals surface area contributed by atoms with Gasteiger partial charge in [0.2, 0.25) is 5.91 Å². The van der Waals surface area contributed by atoms with Crippen molar-refractivity contribution in [2.24, 2.45) is 17.6 Å². The molecule has 1 saturated carbocycles. The maximum atomic E-state index is 12.6. The molecule has 1 heterocycles. The number of likely N-dealkylation sites (tertiary alicyclic amines) is 1. The van der Waals surface area contributed by atoms with Crippen LogP contribution in [0.15, 0.2) is 24.3 Å². The van der Waals surface area contributed by atoms with Crippen molar-refractivity contribution in [1.29, 1.82) is 0 Å². The Balaban J connectivity index is 0.00000243. The molecule has 1 aliphatic heterocycles. The lowest BCUT2D eigenvalue weighted by atomic mass is 9.98. The molecule has 3 rings (SSSR count). The number of nitro groups is 1. The van der Waals surface area contributed by atoms with Crippen LogP contribution in [0.1, 0.15) is 30.1 Å². The second-order valence-corrected chi connectivity index (χ2v) is 6.91. The highest BCUT2D eigenvalue weighted by Crippen LogP contribution is 2.37. The molecular weight excluding hydrogens is 360 g/mol. The highest BCUT2D eigenvalue weighted by atomic mass is 35.5. The Labute approximate surface area is 157 Å². The minimum absolute atomic E-state index is 0. The smallest absolute Gasteiger partial charge is 0.270 e. The van der Waals surface area contributed by atoms with Crippen molar-refractivity contribution in [3.63, 3.8) is 0 Å². The summed E-state index contributed by atoms with van der Waals surface area (Å²) in [6.45, 7) is 2.96. The van der Waals surface area contributed by atoms with Gasteiger partial charge in [-0.3, -0.25) is 19.7 Å². The molecule has 2 fully saturated rings. The van der Waals surface area contributed by atoms with Gasteiger partial charge in [0.25, 0.3) is 11.6 Å². The molecule has 1 aromatic rings. The van der Waals surface area contributed by atoms with E-state index in [-0.39, 0.29) is 35.6 Å². The fourth-order valence-electron chi connectivity index (χ4n) is 3.86. The minimum atomic E-state index is -0.693. The number of nitrogens with one attached hydrogen (secondary N) is 1. The topological polar surface area (TPSA) is 119 Å². The molecule has 2 amide bonds. The van der Waals surface area contributed by atoms with Gasteiger partial charge >= 0.3 is 0 Å². The number of nitro benzene ring substituents is 1. The number of benzene rings is 1. The maximum absolute atomic E-state index is 12.6. The standard InChI is InChI=1S/C17H22N4O4.ClH/c1-10(17(23)20-8-12-5-6-15(18)14(12)9-20)19-16(22)11-3-2-4-13(7-11)21(24)25;/h2-4,7,10,12,14-15H,5-6,8-9,18H2,1H3,(H,19,22);1H. The van der Waals surface area contributed by atoms with E-state index in [1.54, 1.807) is 11.8 Å². The number of amides is 2. The molecule has 1 aromatic carbocycles. The van der Waals surface area contributed by atoms with Gasteiger partial charge in [-0.2, -0.15) is 0 Å². The lowest BCUT2D eigenvalue weighted by molar-refractivity contribution is -0.384. The van der Waals surface area contributed by atoms with Crippen LogP contribution in [0, 0.1) is 22.0 Å². The molecular formula is C17H23ClN4O4. The summed E-state index contributed by atoms with van der Waals surface area (Å²) in [4.78, 5) is 36.9. The fourth-order valence-corrected chi connectivity index (χ4v) is 3.86. The number of carbonyl (C=O) groups is 2. The third kappa shape index (κ3) is 3.96. The summed E-state index contributed by atoms with van der Waals surface area (Å²) in [7, 11) is 0. The number of halogens is 1. The molecule has 9 heteroatoms. The average Bonchev–Trinajstić information content (AvgIpc) is 3.16. The third-order valence-corrected chi connectivity index (χ3v) is 5.26. The van der Waals surface area contributed by atoms with Crippen LogP contribution in [0.2, 0.25) is 0 Å². The molecule has 1 saturated heterocycles. The van der Waals surface area contributed by atoms with Crippen molar-refractivity contribution in [3.8, 4) is 0 Å². The summed E-state index contributed by atoms with van der Waals surface area (Å²) in [6.07, 6.45) is 2.06. The molecule has 4 unspecified atom stereocenters. The van der Waals surface area contributed by atoms with Gasteiger partial charge < -0.3 is 16.0 Å². The second-order valence-electron chi connectivity index (χ2n) is 6.91. The van der Waals surface area contributed by atoms with Gasteiger partial charge in [0.05, 0.1) is 4.92 Å². The minimum Gasteiger partial charge on any atom is -0.341 e. The Morgan fingerprint density at radius 3 is 2.73 bits per heavy atom. The first-order valence-electron chi connectivity index (χ1n) is 8.46. The first kappa shape index (κ1) is 20.1. The Bertz CT molecular complexity index is 714. The Kier molecular flexibility index (Phi) is 6.20. The van der Waals surface area contributed by atoms with Crippen molar-refractivity contribution in [3.05, 3.63) is 39.9 Å². The third-order valence-electron chi connectivity index (χ3n) is 5.26. The van der Waals surface area contributed by atoms with Crippen LogP contribution in [0.25, 0.3) is 0 Å². The molecule has 142 valence electrons. The van der Waals surface area contributed by atoms with Gasteiger partial charge in [0.1, 0.15) is 6.04 Å². The molecule has 4 atom stereocenters. The predicted molar refractivity (Wildman–Crippen MR) is 98.0 cm³/mol. The number of hydrogen-bond acceptors (Lipinski definition) is 5. The van der Waals surface area contributed by atoms with Crippen LogP contribution in [0.3, 0.4) is 0 Å². The molecule has 0 bridgehead atoms. The van der Waals surface area contributed by atoms with E-state index >= 15 is 0 Å². The van der Waals surface area contributed by atoms with E-state index in [9.17, 15) is 19.7 Å². The second kappa shape index (κ2) is 8.01. The normalized spacial score (nSPS) is 25.2. The summed E-state index contributed by atoms with van der Waals surface area (Å²) in [5.74, 6) is 0.170. The summed E-state index contributed by atoms with van der Waals surface area (Å²) in [5, 5.41) is 13.4. The first-order chi connectivity index (χ1) is 11.9. The van der Waals surface area contributed by atoms with E-state index in [0.717, 1.165) is 12.8 Å². The zero-order valence-corrected chi connectivity index (χ0v) is 15.3. The highest BCUT2D eigenvalue weighted by molar-refractivity contribution is 5.97. The van der Waals surface area contributed by atoms with Gasteiger partial charge in [0.15, 0.2) is 0 Å². The Morgan fingerprint density at radius 2 is 2.08 bits per heavy atom. The SMILES string of the molecule is CC(NC(=O)c1cccc([N+](=O)[O-])c1)C(=O)N1CC2CCC(N)C2C1.Cl. The zero-order valence-electron chi connectivity index (χ0n) is 14.5. The van der Waals surface area contributed by atoms with Crippen LogP contribution >= 0.6 is 12.4 Å². The monoisotopic (exact) mass is 382 g/mol. The van der Waals surface area contributed by atoms with Crippen molar-refractivity contribution < 1.29 is 14.5 Å². The van der Waals surface area contributed by atoms with Crippen LogP contribution in [-0.4, -0.2) is 46.8 Å². The Morgan fingerprint density at radius 1 is 1.35 bits per heavy atom. The van der Waals surface area contributed by atoms with E-state index in [2.05, 4.69) is 5.32 Å². The molecule has 0 spiro atoms.